The highest BCUT2D eigenvalue weighted by Crippen LogP contribution is 2.18. The monoisotopic (exact) mass is 420 g/mol. The lowest BCUT2D eigenvalue weighted by Crippen LogP contribution is -2.47. The summed E-state index contributed by atoms with van der Waals surface area (Å²) in [5.74, 6) is 0.571. The minimum absolute atomic E-state index is 0.0583. The molecule has 2 aromatic carbocycles. The van der Waals surface area contributed by atoms with E-state index in [9.17, 15) is 4.79 Å². The van der Waals surface area contributed by atoms with E-state index in [-0.39, 0.29) is 5.56 Å². The highest BCUT2D eigenvalue weighted by Gasteiger charge is 2.20. The van der Waals surface area contributed by atoms with E-state index in [0.29, 0.717) is 22.6 Å². The molecule has 4 aromatic rings. The van der Waals surface area contributed by atoms with Crippen LogP contribution >= 0.6 is 12.2 Å². The van der Waals surface area contributed by atoms with Crippen molar-refractivity contribution in [1.29, 1.82) is 0 Å². The molecule has 3 heterocycles. The van der Waals surface area contributed by atoms with Crippen molar-refractivity contribution >= 4 is 34.6 Å². The Balaban J connectivity index is 1.42. The molecule has 1 saturated heterocycles. The predicted molar refractivity (Wildman–Crippen MR) is 122 cm³/mol. The smallest absolute Gasteiger partial charge is 0.262 e. The number of anilines is 1. The van der Waals surface area contributed by atoms with E-state index in [1.807, 2.05) is 33.3 Å². The van der Waals surface area contributed by atoms with Gasteiger partial charge in [-0.3, -0.25) is 18.7 Å². The minimum atomic E-state index is -0.0583. The van der Waals surface area contributed by atoms with Crippen molar-refractivity contribution in [3.05, 3.63) is 69.2 Å². The van der Waals surface area contributed by atoms with E-state index in [0.717, 1.165) is 31.7 Å². The van der Waals surface area contributed by atoms with E-state index in [1.54, 1.807) is 11.6 Å². The molecule has 0 atom stereocenters. The largest absolute Gasteiger partial charge is 0.369 e. The van der Waals surface area contributed by atoms with Crippen molar-refractivity contribution in [3.8, 4) is 0 Å². The van der Waals surface area contributed by atoms with Crippen molar-refractivity contribution in [1.82, 2.24) is 23.6 Å². The van der Waals surface area contributed by atoms with Gasteiger partial charge in [-0.25, -0.2) is 4.68 Å². The molecule has 1 fully saturated rings. The second-order valence-corrected chi connectivity index (χ2v) is 8.25. The highest BCUT2D eigenvalue weighted by atomic mass is 32.1. The van der Waals surface area contributed by atoms with Crippen LogP contribution in [0.3, 0.4) is 0 Å². The Morgan fingerprint density at radius 2 is 1.80 bits per heavy atom. The number of benzene rings is 2. The molecule has 2 aromatic heterocycles. The van der Waals surface area contributed by atoms with E-state index >= 15 is 0 Å². The average molecular weight is 421 g/mol. The molecule has 30 heavy (non-hydrogen) atoms. The SMILES string of the molecule is Cc1cccc(N2CCN(Cn3nc4n(C)c(=O)c5ccccc5n4c3=S)CC2)c1. The van der Waals surface area contributed by atoms with Crippen LogP contribution in [0, 0.1) is 11.7 Å². The first-order chi connectivity index (χ1) is 14.5. The van der Waals surface area contributed by atoms with Crippen molar-refractivity contribution < 1.29 is 0 Å². The van der Waals surface area contributed by atoms with Crippen LogP contribution in [0.25, 0.3) is 16.7 Å². The zero-order chi connectivity index (χ0) is 20.8. The molecule has 5 rings (SSSR count). The van der Waals surface area contributed by atoms with Gasteiger partial charge < -0.3 is 4.90 Å². The maximum absolute atomic E-state index is 12.7. The molecule has 0 saturated carbocycles. The van der Waals surface area contributed by atoms with Gasteiger partial charge in [-0.05, 0) is 49.0 Å². The number of aryl methyl sites for hydroxylation is 2. The lowest BCUT2D eigenvalue weighted by molar-refractivity contribution is 0.194. The van der Waals surface area contributed by atoms with Gasteiger partial charge in [0.25, 0.3) is 5.56 Å². The van der Waals surface area contributed by atoms with Crippen molar-refractivity contribution in [3.63, 3.8) is 0 Å². The maximum Gasteiger partial charge on any atom is 0.262 e. The molecule has 0 bridgehead atoms. The normalized spacial score (nSPS) is 15.3. The van der Waals surface area contributed by atoms with Gasteiger partial charge in [-0.2, -0.15) is 0 Å². The maximum atomic E-state index is 12.7. The lowest BCUT2D eigenvalue weighted by atomic mass is 10.2. The van der Waals surface area contributed by atoms with Gasteiger partial charge in [-0.15, -0.1) is 5.10 Å². The average Bonchev–Trinajstić information content (AvgIpc) is 3.09. The van der Waals surface area contributed by atoms with Crippen molar-refractivity contribution in [2.45, 2.75) is 13.6 Å². The third kappa shape index (κ3) is 3.12. The Kier molecular flexibility index (Phi) is 4.67. The zero-order valence-corrected chi connectivity index (χ0v) is 18.0. The third-order valence-electron chi connectivity index (χ3n) is 5.88. The predicted octanol–water partition coefficient (Wildman–Crippen LogP) is 2.81. The van der Waals surface area contributed by atoms with Gasteiger partial charge in [0.15, 0.2) is 0 Å². The van der Waals surface area contributed by atoms with Gasteiger partial charge in [-0.1, -0.05) is 24.3 Å². The molecule has 0 unspecified atom stereocenters. The molecule has 0 amide bonds. The molecule has 0 N–H and O–H groups in total. The van der Waals surface area contributed by atoms with Crippen LogP contribution in [0.5, 0.6) is 0 Å². The Hall–Kier alpha value is -2.97. The standard InChI is InChI=1S/C22H24N6OS/c1-16-6-5-7-17(14-16)26-12-10-25(11-13-26)15-27-22(30)28-19-9-4-3-8-18(19)20(29)24(2)21(28)23-27/h3-9,14H,10-13,15H2,1-2H3. The van der Waals surface area contributed by atoms with Crippen LogP contribution in [0.15, 0.2) is 53.3 Å². The van der Waals surface area contributed by atoms with Crippen molar-refractivity contribution in [2.24, 2.45) is 7.05 Å². The zero-order valence-electron chi connectivity index (χ0n) is 17.2. The van der Waals surface area contributed by atoms with Gasteiger partial charge in [0.05, 0.1) is 17.6 Å². The molecule has 154 valence electrons. The Morgan fingerprint density at radius 1 is 1.03 bits per heavy atom. The topological polar surface area (TPSA) is 50.7 Å². The fraction of sp³-hybridized carbons (Fsp3) is 0.318. The first-order valence-corrected chi connectivity index (χ1v) is 10.5. The Bertz CT molecular complexity index is 1360. The number of rotatable bonds is 3. The minimum Gasteiger partial charge on any atom is -0.369 e. The molecular formula is C22H24N6OS. The molecule has 8 heteroatoms. The van der Waals surface area contributed by atoms with Gasteiger partial charge in [0, 0.05) is 38.9 Å². The summed E-state index contributed by atoms with van der Waals surface area (Å²) in [6.07, 6.45) is 0. The van der Waals surface area contributed by atoms with E-state index in [2.05, 4.69) is 46.1 Å². The third-order valence-corrected chi connectivity index (χ3v) is 6.27. The molecule has 0 radical (unpaired) electrons. The number of para-hydroxylation sites is 1. The second kappa shape index (κ2) is 7.37. The number of aromatic nitrogens is 4. The first-order valence-electron chi connectivity index (χ1n) is 10.1. The van der Waals surface area contributed by atoms with Crippen LogP contribution in [0.4, 0.5) is 5.69 Å². The molecule has 1 aliphatic heterocycles. The highest BCUT2D eigenvalue weighted by molar-refractivity contribution is 7.71. The van der Waals surface area contributed by atoms with Crippen LogP contribution in [0.2, 0.25) is 0 Å². The fourth-order valence-electron chi connectivity index (χ4n) is 4.20. The molecule has 0 spiro atoms. The number of piperazine rings is 1. The summed E-state index contributed by atoms with van der Waals surface area (Å²) in [5.41, 5.74) is 3.30. The Morgan fingerprint density at radius 3 is 2.57 bits per heavy atom. The van der Waals surface area contributed by atoms with Gasteiger partial charge in [0.2, 0.25) is 10.5 Å². The molecular weight excluding hydrogens is 396 g/mol. The quantitative estimate of drug-likeness (QED) is 0.477. The Labute approximate surface area is 179 Å². The number of fused-ring (bicyclic) bond motifs is 3. The van der Waals surface area contributed by atoms with Crippen LogP contribution in [-0.4, -0.2) is 49.8 Å². The number of hydrogen-bond donors (Lipinski definition) is 0. The van der Waals surface area contributed by atoms with Crippen LogP contribution < -0.4 is 10.5 Å². The van der Waals surface area contributed by atoms with E-state index < -0.39 is 0 Å². The van der Waals surface area contributed by atoms with E-state index in [1.165, 1.54) is 11.3 Å². The summed E-state index contributed by atoms with van der Waals surface area (Å²) in [5, 5.41) is 5.34. The van der Waals surface area contributed by atoms with Crippen LogP contribution in [-0.2, 0) is 13.7 Å². The summed E-state index contributed by atoms with van der Waals surface area (Å²) in [4.78, 5) is 17.5. The van der Waals surface area contributed by atoms with Crippen LogP contribution in [0.1, 0.15) is 5.56 Å². The molecule has 7 nitrogen and oxygen atoms in total. The van der Waals surface area contributed by atoms with Crippen molar-refractivity contribution in [2.75, 3.05) is 31.1 Å². The molecule has 1 aliphatic rings. The summed E-state index contributed by atoms with van der Waals surface area (Å²) in [7, 11) is 1.75. The summed E-state index contributed by atoms with van der Waals surface area (Å²) in [6.45, 7) is 6.54. The van der Waals surface area contributed by atoms with Gasteiger partial charge in [0.1, 0.15) is 0 Å². The summed E-state index contributed by atoms with van der Waals surface area (Å²) in [6, 6.07) is 16.2. The van der Waals surface area contributed by atoms with E-state index in [4.69, 9.17) is 12.2 Å². The summed E-state index contributed by atoms with van der Waals surface area (Å²) < 4.78 is 5.91. The summed E-state index contributed by atoms with van der Waals surface area (Å²) >= 11 is 5.75. The molecule has 0 aliphatic carbocycles. The lowest BCUT2D eigenvalue weighted by Gasteiger charge is -2.36. The number of hydrogen-bond acceptors (Lipinski definition) is 5. The fourth-order valence-corrected chi connectivity index (χ4v) is 4.48. The van der Waals surface area contributed by atoms with Gasteiger partial charge >= 0.3 is 0 Å². The first kappa shape index (κ1) is 19.0. The second-order valence-electron chi connectivity index (χ2n) is 7.88. The number of nitrogens with zero attached hydrogens (tertiary/aromatic N) is 6.